The van der Waals surface area contributed by atoms with Crippen molar-refractivity contribution in [1.29, 1.82) is 0 Å². The van der Waals surface area contributed by atoms with Crippen molar-refractivity contribution in [3.05, 3.63) is 54.4 Å². The number of carbonyl (C=O) groups is 2. The molecule has 5 nitrogen and oxygen atoms in total. The van der Waals surface area contributed by atoms with E-state index >= 15 is 0 Å². The molecule has 2 heterocycles. The minimum atomic E-state index is -0.472. The number of amides is 2. The zero-order valence-electron chi connectivity index (χ0n) is 10.7. The van der Waals surface area contributed by atoms with Gasteiger partial charge in [0.1, 0.15) is 0 Å². The van der Waals surface area contributed by atoms with Crippen molar-refractivity contribution in [2.24, 2.45) is 0 Å². The molecule has 0 bridgehead atoms. The lowest BCUT2D eigenvalue weighted by atomic mass is 9.90. The molecular weight excluding hydrogens is 254 g/mol. The lowest BCUT2D eigenvalue weighted by Gasteiger charge is -2.24. The van der Waals surface area contributed by atoms with Gasteiger partial charge in [0, 0.05) is 18.3 Å². The number of benzene rings is 1. The summed E-state index contributed by atoms with van der Waals surface area (Å²) < 4.78 is 0. The number of anilines is 2. The van der Waals surface area contributed by atoms with Crippen LogP contribution in [0.5, 0.6) is 0 Å². The average molecular weight is 267 g/mol. The van der Waals surface area contributed by atoms with Crippen molar-refractivity contribution >= 4 is 23.2 Å². The normalized spacial score (nSPS) is 17.0. The molecule has 20 heavy (non-hydrogen) atoms. The Morgan fingerprint density at radius 1 is 1.25 bits per heavy atom. The molecule has 0 fully saturated rings. The molecule has 1 aromatic heterocycles. The minimum absolute atomic E-state index is 0.143. The molecular formula is C15H13N3O2. The first-order valence-corrected chi connectivity index (χ1v) is 6.34. The second-order valence-electron chi connectivity index (χ2n) is 4.62. The SMILES string of the molecule is O=C1CC(C(=O)Nc2cccnc2)c2ccccc2N1. The Balaban J connectivity index is 1.87. The molecule has 1 aliphatic rings. The summed E-state index contributed by atoms with van der Waals surface area (Å²) in [7, 11) is 0. The fourth-order valence-corrected chi connectivity index (χ4v) is 2.31. The number of pyridine rings is 1. The van der Waals surface area contributed by atoms with Crippen molar-refractivity contribution in [2.45, 2.75) is 12.3 Å². The van der Waals surface area contributed by atoms with Gasteiger partial charge in [-0.25, -0.2) is 0 Å². The summed E-state index contributed by atoms with van der Waals surface area (Å²) in [5.41, 5.74) is 2.17. The van der Waals surface area contributed by atoms with Gasteiger partial charge in [0.2, 0.25) is 11.8 Å². The van der Waals surface area contributed by atoms with Crippen molar-refractivity contribution < 1.29 is 9.59 Å². The van der Waals surface area contributed by atoms with Gasteiger partial charge in [-0.1, -0.05) is 18.2 Å². The van der Waals surface area contributed by atoms with Crippen LogP contribution in [-0.4, -0.2) is 16.8 Å². The number of hydrogen-bond acceptors (Lipinski definition) is 3. The van der Waals surface area contributed by atoms with Gasteiger partial charge in [-0.2, -0.15) is 0 Å². The summed E-state index contributed by atoms with van der Waals surface area (Å²) >= 11 is 0. The van der Waals surface area contributed by atoms with Gasteiger partial charge in [0.25, 0.3) is 0 Å². The molecule has 0 saturated heterocycles. The van der Waals surface area contributed by atoms with Gasteiger partial charge in [-0.05, 0) is 23.8 Å². The van der Waals surface area contributed by atoms with E-state index in [-0.39, 0.29) is 18.2 Å². The third-order valence-corrected chi connectivity index (χ3v) is 3.25. The van der Waals surface area contributed by atoms with Gasteiger partial charge < -0.3 is 10.6 Å². The summed E-state index contributed by atoms with van der Waals surface area (Å²) in [6, 6.07) is 10.9. The Morgan fingerprint density at radius 2 is 2.10 bits per heavy atom. The molecule has 2 amide bonds. The van der Waals surface area contributed by atoms with Crippen LogP contribution in [0.1, 0.15) is 17.9 Å². The zero-order chi connectivity index (χ0) is 13.9. The van der Waals surface area contributed by atoms with E-state index in [1.165, 1.54) is 0 Å². The summed E-state index contributed by atoms with van der Waals surface area (Å²) in [5.74, 6) is -0.810. The average Bonchev–Trinajstić information content (AvgIpc) is 2.47. The Labute approximate surface area is 116 Å². The second-order valence-corrected chi connectivity index (χ2v) is 4.62. The zero-order valence-corrected chi connectivity index (χ0v) is 10.7. The summed E-state index contributed by atoms with van der Waals surface area (Å²) in [6.07, 6.45) is 3.37. The maximum atomic E-state index is 12.4. The van der Waals surface area contributed by atoms with Crippen LogP contribution < -0.4 is 10.6 Å². The Hall–Kier alpha value is -2.69. The highest BCUT2D eigenvalue weighted by molar-refractivity contribution is 6.04. The van der Waals surface area contributed by atoms with Crippen LogP contribution in [0.15, 0.2) is 48.8 Å². The fourth-order valence-electron chi connectivity index (χ4n) is 2.31. The number of fused-ring (bicyclic) bond motifs is 1. The third kappa shape index (κ3) is 2.38. The maximum absolute atomic E-state index is 12.4. The highest BCUT2D eigenvalue weighted by atomic mass is 16.2. The van der Waals surface area contributed by atoms with Gasteiger partial charge in [0.05, 0.1) is 17.8 Å². The minimum Gasteiger partial charge on any atom is -0.326 e. The monoisotopic (exact) mass is 267 g/mol. The predicted octanol–water partition coefficient (Wildman–Crippen LogP) is 2.15. The summed E-state index contributed by atoms with van der Waals surface area (Å²) in [4.78, 5) is 28.0. The van der Waals surface area contributed by atoms with E-state index in [1.54, 1.807) is 30.6 Å². The molecule has 0 aliphatic carbocycles. The number of nitrogens with zero attached hydrogens (tertiary/aromatic N) is 1. The van der Waals surface area contributed by atoms with Crippen LogP contribution in [0.2, 0.25) is 0 Å². The number of rotatable bonds is 2. The summed E-state index contributed by atoms with van der Waals surface area (Å²) in [6.45, 7) is 0. The Bertz CT molecular complexity index is 655. The topological polar surface area (TPSA) is 71.1 Å². The van der Waals surface area contributed by atoms with Crippen LogP contribution >= 0.6 is 0 Å². The van der Waals surface area contributed by atoms with Crippen molar-refractivity contribution in [3.8, 4) is 0 Å². The molecule has 3 rings (SSSR count). The quantitative estimate of drug-likeness (QED) is 0.875. The molecule has 1 atom stereocenters. The van der Waals surface area contributed by atoms with Gasteiger partial charge in [-0.15, -0.1) is 0 Å². The summed E-state index contributed by atoms with van der Waals surface area (Å²) in [5, 5.41) is 5.57. The molecule has 100 valence electrons. The number of para-hydroxylation sites is 1. The Kier molecular flexibility index (Phi) is 3.16. The molecule has 0 radical (unpaired) electrons. The number of hydrogen-bond donors (Lipinski definition) is 2. The van der Waals surface area contributed by atoms with Crippen molar-refractivity contribution in [1.82, 2.24) is 4.98 Å². The molecule has 1 unspecified atom stereocenters. The largest absolute Gasteiger partial charge is 0.326 e. The molecule has 1 aliphatic heterocycles. The van der Waals surface area contributed by atoms with Crippen LogP contribution in [0.3, 0.4) is 0 Å². The maximum Gasteiger partial charge on any atom is 0.232 e. The predicted molar refractivity (Wildman–Crippen MR) is 75.3 cm³/mol. The van der Waals surface area contributed by atoms with E-state index in [1.807, 2.05) is 18.2 Å². The van der Waals surface area contributed by atoms with Crippen molar-refractivity contribution in [2.75, 3.05) is 10.6 Å². The standard InChI is InChI=1S/C15H13N3O2/c19-14-8-12(11-5-1-2-6-13(11)18-14)15(20)17-10-4-3-7-16-9-10/h1-7,9,12H,8H2,(H,17,20)(H,18,19). The van der Waals surface area contributed by atoms with Crippen LogP contribution in [0.4, 0.5) is 11.4 Å². The van der Waals surface area contributed by atoms with E-state index in [2.05, 4.69) is 15.6 Å². The highest BCUT2D eigenvalue weighted by Crippen LogP contribution is 2.32. The van der Waals surface area contributed by atoms with Gasteiger partial charge >= 0.3 is 0 Å². The number of aromatic nitrogens is 1. The molecule has 0 spiro atoms. The van der Waals surface area contributed by atoms with E-state index in [4.69, 9.17) is 0 Å². The molecule has 1 aromatic carbocycles. The van der Waals surface area contributed by atoms with E-state index in [0.29, 0.717) is 11.4 Å². The number of nitrogens with one attached hydrogen (secondary N) is 2. The molecule has 0 saturated carbocycles. The van der Waals surface area contributed by atoms with Gasteiger partial charge in [0.15, 0.2) is 0 Å². The highest BCUT2D eigenvalue weighted by Gasteiger charge is 2.30. The first-order valence-electron chi connectivity index (χ1n) is 6.34. The first-order chi connectivity index (χ1) is 9.74. The van der Waals surface area contributed by atoms with E-state index in [0.717, 1.165) is 5.56 Å². The van der Waals surface area contributed by atoms with E-state index in [9.17, 15) is 9.59 Å². The molecule has 5 heteroatoms. The second kappa shape index (κ2) is 5.13. The fraction of sp³-hybridized carbons (Fsp3) is 0.133. The lowest BCUT2D eigenvalue weighted by Crippen LogP contribution is -2.30. The van der Waals surface area contributed by atoms with E-state index < -0.39 is 5.92 Å². The first kappa shape index (κ1) is 12.3. The van der Waals surface area contributed by atoms with Crippen LogP contribution in [-0.2, 0) is 9.59 Å². The molecule has 2 aromatic rings. The van der Waals surface area contributed by atoms with Crippen molar-refractivity contribution in [3.63, 3.8) is 0 Å². The van der Waals surface area contributed by atoms with Crippen LogP contribution in [0, 0.1) is 0 Å². The smallest absolute Gasteiger partial charge is 0.232 e. The third-order valence-electron chi connectivity index (χ3n) is 3.25. The lowest BCUT2D eigenvalue weighted by molar-refractivity contribution is -0.123. The van der Waals surface area contributed by atoms with Gasteiger partial charge in [-0.3, -0.25) is 14.6 Å². The number of carbonyl (C=O) groups excluding carboxylic acids is 2. The molecule has 2 N–H and O–H groups in total. The van der Waals surface area contributed by atoms with Crippen LogP contribution in [0.25, 0.3) is 0 Å². The Morgan fingerprint density at radius 3 is 2.90 bits per heavy atom.